The van der Waals surface area contributed by atoms with E-state index in [1.54, 1.807) is 19.4 Å². The minimum atomic E-state index is -0.0772. The maximum Gasteiger partial charge on any atom is 0.272 e. The van der Waals surface area contributed by atoms with Crippen molar-refractivity contribution in [3.05, 3.63) is 64.8 Å². The summed E-state index contributed by atoms with van der Waals surface area (Å²) in [6.45, 7) is 1.66. The van der Waals surface area contributed by atoms with Crippen molar-refractivity contribution < 1.29 is 14.3 Å². The molecule has 2 amide bonds. The molecule has 1 aromatic carbocycles. The first-order valence-electron chi connectivity index (χ1n) is 10.7. The van der Waals surface area contributed by atoms with Crippen molar-refractivity contribution in [1.82, 2.24) is 15.2 Å². The first kappa shape index (κ1) is 21.5. The molecule has 2 aromatic heterocycles. The normalized spacial score (nSPS) is 16.4. The van der Waals surface area contributed by atoms with Crippen molar-refractivity contribution in [3.63, 3.8) is 0 Å². The van der Waals surface area contributed by atoms with Crippen molar-refractivity contribution in [3.8, 4) is 0 Å². The number of thiophene rings is 1. The number of rotatable bonds is 7. The Bertz CT molecular complexity index is 1050. The van der Waals surface area contributed by atoms with Crippen LogP contribution in [0.1, 0.15) is 45.0 Å². The summed E-state index contributed by atoms with van der Waals surface area (Å²) in [6.07, 6.45) is 5.31. The van der Waals surface area contributed by atoms with Crippen LogP contribution in [-0.4, -0.2) is 54.5 Å². The largest absolute Gasteiger partial charge is 0.383 e. The summed E-state index contributed by atoms with van der Waals surface area (Å²) in [5, 5.41) is 4.05. The molecule has 0 bridgehead atoms. The maximum atomic E-state index is 13.2. The van der Waals surface area contributed by atoms with E-state index in [1.165, 1.54) is 11.3 Å². The van der Waals surface area contributed by atoms with Gasteiger partial charge in [-0.2, -0.15) is 0 Å². The van der Waals surface area contributed by atoms with Crippen LogP contribution in [0.25, 0.3) is 10.1 Å². The number of hydrogen-bond acceptors (Lipinski definition) is 5. The lowest BCUT2D eigenvalue weighted by Crippen LogP contribution is -2.45. The van der Waals surface area contributed by atoms with Gasteiger partial charge in [0.2, 0.25) is 0 Å². The molecule has 162 valence electrons. The molecule has 3 aromatic rings. The molecule has 1 N–H and O–H groups in total. The smallest absolute Gasteiger partial charge is 0.272 e. The minimum absolute atomic E-state index is 0.0315. The number of benzene rings is 1. The molecule has 1 aliphatic rings. The highest BCUT2D eigenvalue weighted by Crippen LogP contribution is 2.34. The van der Waals surface area contributed by atoms with Gasteiger partial charge in [0.25, 0.3) is 11.8 Å². The number of methoxy groups -OCH3 is 1. The van der Waals surface area contributed by atoms with E-state index in [0.717, 1.165) is 46.3 Å². The van der Waals surface area contributed by atoms with Gasteiger partial charge in [0.15, 0.2) is 0 Å². The van der Waals surface area contributed by atoms with Crippen LogP contribution in [0.4, 0.5) is 0 Å². The number of aromatic nitrogens is 1. The van der Waals surface area contributed by atoms with Gasteiger partial charge < -0.3 is 15.0 Å². The Morgan fingerprint density at radius 1 is 1.19 bits per heavy atom. The lowest BCUT2D eigenvalue weighted by atomic mass is 9.93. The van der Waals surface area contributed by atoms with E-state index in [9.17, 15) is 9.59 Å². The molecule has 1 aliphatic heterocycles. The molecule has 0 spiro atoms. The standard InChI is InChI=1S/C24H27N3O3S/c1-30-15-13-26-23(28)22-19(18-9-2-3-11-21(18)31-22)16-17-8-5-7-14-27(17)24(29)20-10-4-6-12-25-20/h2-4,6,9-12,17H,5,7-8,13-16H2,1H3,(H,26,28)/t17-/m1/s1. The van der Waals surface area contributed by atoms with Crippen molar-refractivity contribution in [2.75, 3.05) is 26.8 Å². The van der Waals surface area contributed by atoms with Crippen LogP contribution < -0.4 is 5.32 Å². The number of nitrogens with zero attached hydrogens (tertiary/aromatic N) is 2. The molecule has 0 radical (unpaired) electrons. The average molecular weight is 438 g/mol. The molecule has 0 aliphatic carbocycles. The molecular weight excluding hydrogens is 410 g/mol. The van der Waals surface area contributed by atoms with E-state index >= 15 is 0 Å². The number of likely N-dealkylation sites (tertiary alicyclic amines) is 1. The van der Waals surface area contributed by atoms with Crippen LogP contribution in [0.3, 0.4) is 0 Å². The van der Waals surface area contributed by atoms with Crippen LogP contribution in [0.15, 0.2) is 48.7 Å². The Labute approximate surface area is 186 Å². The van der Waals surface area contributed by atoms with Crippen molar-refractivity contribution in [2.24, 2.45) is 0 Å². The zero-order chi connectivity index (χ0) is 21.6. The first-order chi connectivity index (χ1) is 15.2. The van der Waals surface area contributed by atoms with Gasteiger partial charge >= 0.3 is 0 Å². The number of piperidine rings is 1. The molecule has 0 unspecified atom stereocenters. The molecule has 0 saturated carbocycles. The van der Waals surface area contributed by atoms with Gasteiger partial charge in [0, 0.05) is 37.1 Å². The highest BCUT2D eigenvalue weighted by atomic mass is 32.1. The predicted molar refractivity (Wildman–Crippen MR) is 123 cm³/mol. The number of nitrogens with one attached hydrogen (secondary N) is 1. The second-order valence-corrected chi connectivity index (χ2v) is 8.77. The molecular formula is C24H27N3O3S. The third kappa shape index (κ3) is 4.78. The van der Waals surface area contributed by atoms with E-state index < -0.39 is 0 Å². The number of hydrogen-bond donors (Lipinski definition) is 1. The summed E-state index contributed by atoms with van der Waals surface area (Å²) in [6, 6.07) is 13.6. The quantitative estimate of drug-likeness (QED) is 0.569. The summed E-state index contributed by atoms with van der Waals surface area (Å²) in [7, 11) is 1.62. The highest BCUT2D eigenvalue weighted by molar-refractivity contribution is 7.21. The number of pyridine rings is 1. The fourth-order valence-corrected chi connectivity index (χ4v) is 5.33. The molecule has 1 saturated heterocycles. The Balaban J connectivity index is 1.63. The fourth-order valence-electron chi connectivity index (χ4n) is 4.18. The summed E-state index contributed by atoms with van der Waals surface area (Å²) >= 11 is 1.52. The van der Waals surface area contributed by atoms with Gasteiger partial charge in [0.1, 0.15) is 5.69 Å². The van der Waals surface area contributed by atoms with Gasteiger partial charge in [-0.3, -0.25) is 14.6 Å². The number of carbonyl (C=O) groups excluding carboxylic acids is 2. The third-order valence-corrected chi connectivity index (χ3v) is 6.92. The van der Waals surface area contributed by atoms with E-state index in [0.29, 0.717) is 25.3 Å². The zero-order valence-electron chi connectivity index (χ0n) is 17.7. The van der Waals surface area contributed by atoms with Crippen LogP contribution in [-0.2, 0) is 11.2 Å². The second-order valence-electron chi connectivity index (χ2n) is 7.72. The Morgan fingerprint density at radius 3 is 2.84 bits per heavy atom. The Hall–Kier alpha value is -2.77. The van der Waals surface area contributed by atoms with Crippen LogP contribution in [0, 0.1) is 0 Å². The maximum absolute atomic E-state index is 13.2. The molecule has 7 heteroatoms. The number of carbonyl (C=O) groups is 2. The minimum Gasteiger partial charge on any atom is -0.383 e. The molecule has 1 fully saturated rings. The second kappa shape index (κ2) is 10.0. The van der Waals surface area contributed by atoms with Crippen LogP contribution >= 0.6 is 11.3 Å². The molecule has 4 rings (SSSR count). The van der Waals surface area contributed by atoms with Crippen LogP contribution in [0.5, 0.6) is 0 Å². The van der Waals surface area contributed by atoms with Crippen LogP contribution in [0.2, 0.25) is 0 Å². The van der Waals surface area contributed by atoms with E-state index in [2.05, 4.69) is 16.4 Å². The van der Waals surface area contributed by atoms with E-state index in [4.69, 9.17) is 4.74 Å². The lowest BCUT2D eigenvalue weighted by Gasteiger charge is -2.36. The number of fused-ring (bicyclic) bond motifs is 1. The zero-order valence-corrected chi connectivity index (χ0v) is 18.5. The van der Waals surface area contributed by atoms with E-state index in [-0.39, 0.29) is 17.9 Å². The van der Waals surface area contributed by atoms with Gasteiger partial charge in [-0.25, -0.2) is 0 Å². The molecule has 3 heterocycles. The van der Waals surface area contributed by atoms with Gasteiger partial charge in [0.05, 0.1) is 11.5 Å². The number of ether oxygens (including phenoxy) is 1. The SMILES string of the molecule is COCCNC(=O)c1sc2ccccc2c1C[C@H]1CCCCN1C(=O)c1ccccn1. The third-order valence-electron chi connectivity index (χ3n) is 5.71. The van der Waals surface area contributed by atoms with Crippen molar-refractivity contribution in [2.45, 2.75) is 31.7 Å². The molecule has 6 nitrogen and oxygen atoms in total. The van der Waals surface area contributed by atoms with Crippen molar-refractivity contribution in [1.29, 1.82) is 0 Å². The van der Waals surface area contributed by atoms with Gasteiger partial charge in [-0.1, -0.05) is 24.3 Å². The predicted octanol–water partition coefficient (Wildman–Crippen LogP) is 3.91. The molecule has 1 atom stereocenters. The monoisotopic (exact) mass is 437 g/mol. The fraction of sp³-hybridized carbons (Fsp3) is 0.375. The van der Waals surface area contributed by atoms with Gasteiger partial charge in [-0.05, 0) is 54.8 Å². The average Bonchev–Trinajstić information content (AvgIpc) is 3.18. The first-order valence-corrected chi connectivity index (χ1v) is 11.5. The Morgan fingerprint density at radius 2 is 2.03 bits per heavy atom. The topological polar surface area (TPSA) is 71.5 Å². The lowest BCUT2D eigenvalue weighted by molar-refractivity contribution is 0.0608. The highest BCUT2D eigenvalue weighted by Gasteiger charge is 2.30. The summed E-state index contributed by atoms with van der Waals surface area (Å²) in [5.41, 5.74) is 1.50. The van der Waals surface area contributed by atoms with Gasteiger partial charge in [-0.15, -0.1) is 11.3 Å². The Kier molecular flexibility index (Phi) is 6.94. The molecule has 31 heavy (non-hydrogen) atoms. The summed E-state index contributed by atoms with van der Waals surface area (Å²) < 4.78 is 6.15. The summed E-state index contributed by atoms with van der Waals surface area (Å²) in [4.78, 5) is 33.0. The number of amides is 2. The summed E-state index contributed by atoms with van der Waals surface area (Å²) in [5.74, 6) is -0.109. The van der Waals surface area contributed by atoms with Crippen molar-refractivity contribution >= 4 is 33.2 Å². The van der Waals surface area contributed by atoms with E-state index in [1.807, 2.05) is 35.2 Å².